The fourth-order valence-corrected chi connectivity index (χ4v) is 5.14. The van der Waals surface area contributed by atoms with Crippen molar-refractivity contribution < 1.29 is 23.1 Å². The summed E-state index contributed by atoms with van der Waals surface area (Å²) in [5, 5.41) is 2.71. The number of hydrogen-bond donors (Lipinski definition) is 1. The Hall–Kier alpha value is -4.46. The maximum absolute atomic E-state index is 13.4. The van der Waals surface area contributed by atoms with Gasteiger partial charge in [0.05, 0.1) is 6.04 Å². The monoisotopic (exact) mass is 539 g/mol. The second kappa shape index (κ2) is 11.0. The van der Waals surface area contributed by atoms with Crippen molar-refractivity contribution in [3.05, 3.63) is 118 Å². The van der Waals surface area contributed by atoms with Crippen molar-refractivity contribution in [2.24, 2.45) is 5.92 Å². The second-order valence-electron chi connectivity index (χ2n) is 10.5. The van der Waals surface area contributed by atoms with Gasteiger partial charge in [-0.25, -0.2) is 9.37 Å². The van der Waals surface area contributed by atoms with E-state index in [9.17, 15) is 14.0 Å². The first-order valence-electron chi connectivity index (χ1n) is 13.5. The van der Waals surface area contributed by atoms with Gasteiger partial charge >= 0.3 is 0 Å². The number of halogens is 1. The van der Waals surface area contributed by atoms with Crippen molar-refractivity contribution >= 4 is 11.8 Å². The molecule has 1 aliphatic heterocycles. The molecule has 2 amide bonds. The van der Waals surface area contributed by atoms with E-state index >= 15 is 0 Å². The van der Waals surface area contributed by atoms with Crippen molar-refractivity contribution in [2.45, 2.75) is 45.4 Å². The van der Waals surface area contributed by atoms with Crippen molar-refractivity contribution in [1.82, 2.24) is 15.2 Å². The van der Waals surface area contributed by atoms with E-state index in [1.165, 1.54) is 29.5 Å². The molecule has 2 heterocycles. The Morgan fingerprint density at radius 3 is 2.70 bits per heavy atom. The fourth-order valence-electron chi connectivity index (χ4n) is 5.14. The van der Waals surface area contributed by atoms with E-state index in [-0.39, 0.29) is 48.4 Å². The van der Waals surface area contributed by atoms with Crippen LogP contribution in [0.3, 0.4) is 0 Å². The lowest BCUT2D eigenvalue weighted by Crippen LogP contribution is -2.41. The van der Waals surface area contributed by atoms with Crippen LogP contribution < -0.4 is 10.1 Å². The average Bonchev–Trinajstić information content (AvgIpc) is 3.71. The van der Waals surface area contributed by atoms with Gasteiger partial charge in [-0.3, -0.25) is 9.59 Å². The zero-order valence-corrected chi connectivity index (χ0v) is 22.2. The second-order valence-corrected chi connectivity index (χ2v) is 10.5. The van der Waals surface area contributed by atoms with Gasteiger partial charge in [-0.05, 0) is 72.7 Å². The van der Waals surface area contributed by atoms with Crippen LogP contribution in [-0.2, 0) is 24.4 Å². The number of rotatable bonds is 8. The first kappa shape index (κ1) is 25.8. The number of amides is 2. The molecule has 0 radical (unpaired) electrons. The number of carbonyl (C=O) groups excluding carboxylic acids is 2. The van der Waals surface area contributed by atoms with E-state index in [2.05, 4.69) is 47.6 Å². The summed E-state index contributed by atoms with van der Waals surface area (Å²) in [6.45, 7) is 2.96. The van der Waals surface area contributed by atoms with Gasteiger partial charge in [-0.2, -0.15) is 0 Å². The van der Waals surface area contributed by atoms with Gasteiger partial charge in [0.2, 0.25) is 11.8 Å². The standard InChI is InChI=1S/C32H30FN3O4/c1-20-5-7-23(8-6-20)30-27-16-26(12-11-22(27)13-14-36(30)32(38)24-9-10-24)39-19-29-35-28(18-40-29)31(37)34-17-21-3-2-4-25(33)15-21/h2-8,11-12,15-16,18,24,30H,9-10,13-14,17,19H2,1H3,(H,34,37)/t30-/m1/s1. The van der Waals surface area contributed by atoms with E-state index in [4.69, 9.17) is 9.15 Å². The molecule has 3 aromatic carbocycles. The van der Waals surface area contributed by atoms with Crippen LogP contribution in [0.5, 0.6) is 5.75 Å². The highest BCUT2D eigenvalue weighted by atomic mass is 19.1. The van der Waals surface area contributed by atoms with Crippen molar-refractivity contribution in [2.75, 3.05) is 6.54 Å². The van der Waals surface area contributed by atoms with Crippen LogP contribution in [-0.4, -0.2) is 28.2 Å². The summed E-state index contributed by atoms with van der Waals surface area (Å²) in [4.78, 5) is 32.0. The van der Waals surface area contributed by atoms with E-state index in [0.717, 1.165) is 30.4 Å². The molecular formula is C32H30FN3O4. The van der Waals surface area contributed by atoms with Gasteiger partial charge in [0, 0.05) is 19.0 Å². The molecule has 6 rings (SSSR count). The third kappa shape index (κ3) is 5.61. The van der Waals surface area contributed by atoms with Crippen LogP contribution in [0.4, 0.5) is 4.39 Å². The molecule has 4 aromatic rings. The van der Waals surface area contributed by atoms with E-state index in [0.29, 0.717) is 17.9 Å². The summed E-state index contributed by atoms with van der Waals surface area (Å²) in [5.41, 5.74) is 5.28. The van der Waals surface area contributed by atoms with Crippen molar-refractivity contribution in [3.8, 4) is 5.75 Å². The lowest BCUT2D eigenvalue weighted by Gasteiger charge is -2.38. The number of aromatic nitrogens is 1. The molecule has 0 spiro atoms. The number of benzene rings is 3. The zero-order valence-electron chi connectivity index (χ0n) is 22.2. The molecule has 1 aromatic heterocycles. The van der Waals surface area contributed by atoms with Crippen LogP contribution in [0.1, 0.15) is 63.1 Å². The summed E-state index contributed by atoms with van der Waals surface area (Å²) in [7, 11) is 0. The summed E-state index contributed by atoms with van der Waals surface area (Å²) >= 11 is 0. The van der Waals surface area contributed by atoms with E-state index in [1.54, 1.807) is 12.1 Å². The Balaban J connectivity index is 1.16. The Labute approximate surface area is 232 Å². The maximum atomic E-state index is 13.4. The minimum atomic E-state index is -0.422. The minimum Gasteiger partial charge on any atom is -0.484 e. The highest BCUT2D eigenvalue weighted by Gasteiger charge is 2.39. The van der Waals surface area contributed by atoms with Crippen molar-refractivity contribution in [1.29, 1.82) is 0 Å². The molecule has 0 saturated heterocycles. The number of fused-ring (bicyclic) bond motifs is 1. The lowest BCUT2D eigenvalue weighted by atomic mass is 9.87. The van der Waals surface area contributed by atoms with Gasteiger partial charge < -0.3 is 19.4 Å². The zero-order chi connectivity index (χ0) is 27.6. The number of carbonyl (C=O) groups is 2. The van der Waals surface area contributed by atoms with E-state index < -0.39 is 5.91 Å². The molecule has 1 saturated carbocycles. The molecule has 0 unspecified atom stereocenters. The highest BCUT2D eigenvalue weighted by Crippen LogP contribution is 2.41. The number of hydrogen-bond acceptors (Lipinski definition) is 5. The molecule has 7 nitrogen and oxygen atoms in total. The Morgan fingerprint density at radius 2 is 1.93 bits per heavy atom. The predicted octanol–water partition coefficient (Wildman–Crippen LogP) is 5.52. The Kier molecular flexibility index (Phi) is 7.07. The lowest BCUT2D eigenvalue weighted by molar-refractivity contribution is -0.134. The Morgan fingerprint density at radius 1 is 1.10 bits per heavy atom. The third-order valence-corrected chi connectivity index (χ3v) is 7.44. The number of aryl methyl sites for hydroxylation is 1. The summed E-state index contributed by atoms with van der Waals surface area (Å²) in [5.74, 6) is 0.475. The van der Waals surface area contributed by atoms with Crippen LogP contribution in [0.2, 0.25) is 0 Å². The SMILES string of the molecule is Cc1ccc([C@@H]2c3cc(OCc4nc(C(=O)NCc5cccc(F)c5)co4)ccc3CCN2C(=O)C2CC2)cc1. The summed E-state index contributed by atoms with van der Waals surface area (Å²) in [6, 6.07) is 20.2. The minimum absolute atomic E-state index is 0.0376. The molecule has 40 heavy (non-hydrogen) atoms. The van der Waals surface area contributed by atoms with Crippen molar-refractivity contribution in [3.63, 3.8) is 0 Å². The van der Waals surface area contributed by atoms with Gasteiger partial charge in [0.15, 0.2) is 12.3 Å². The molecule has 2 aliphatic rings. The number of oxazole rings is 1. The predicted molar refractivity (Wildman–Crippen MR) is 146 cm³/mol. The fraction of sp³-hybridized carbons (Fsp3) is 0.281. The number of ether oxygens (including phenoxy) is 1. The van der Waals surface area contributed by atoms with Crippen LogP contribution in [0.25, 0.3) is 0 Å². The van der Waals surface area contributed by atoms with Gasteiger partial charge in [-0.1, -0.05) is 48.0 Å². The largest absolute Gasteiger partial charge is 0.484 e. The molecule has 1 fully saturated rings. The van der Waals surface area contributed by atoms with Gasteiger partial charge in [0.25, 0.3) is 5.91 Å². The van der Waals surface area contributed by atoms with Crippen LogP contribution in [0.15, 0.2) is 77.4 Å². The smallest absolute Gasteiger partial charge is 0.273 e. The summed E-state index contributed by atoms with van der Waals surface area (Å²) in [6.07, 6.45) is 4.01. The molecule has 8 heteroatoms. The summed E-state index contributed by atoms with van der Waals surface area (Å²) < 4.78 is 24.9. The highest BCUT2D eigenvalue weighted by molar-refractivity contribution is 5.91. The topological polar surface area (TPSA) is 84.7 Å². The van der Waals surface area contributed by atoms with Crippen LogP contribution in [0, 0.1) is 18.7 Å². The molecule has 1 N–H and O–H groups in total. The molecule has 1 aliphatic carbocycles. The Bertz CT molecular complexity index is 1540. The normalized spacial score (nSPS) is 16.4. The molecule has 204 valence electrons. The van der Waals surface area contributed by atoms with Gasteiger partial charge in [0.1, 0.15) is 17.8 Å². The molecule has 1 atom stereocenters. The van der Waals surface area contributed by atoms with Crippen LogP contribution >= 0.6 is 0 Å². The third-order valence-electron chi connectivity index (χ3n) is 7.44. The number of nitrogens with zero attached hydrogens (tertiary/aromatic N) is 2. The molecule has 0 bridgehead atoms. The first-order valence-corrected chi connectivity index (χ1v) is 13.5. The quantitative estimate of drug-likeness (QED) is 0.319. The first-order chi connectivity index (χ1) is 19.4. The van der Waals surface area contributed by atoms with Gasteiger partial charge in [-0.15, -0.1) is 0 Å². The maximum Gasteiger partial charge on any atom is 0.273 e. The average molecular weight is 540 g/mol. The molecular weight excluding hydrogens is 509 g/mol. The van der Waals surface area contributed by atoms with E-state index in [1.807, 2.05) is 17.0 Å². The number of nitrogens with one attached hydrogen (secondary N) is 1.